The normalized spacial score (nSPS) is 11.7. The van der Waals surface area contributed by atoms with Gasteiger partial charge in [-0.1, -0.05) is 35.9 Å². The zero-order chi connectivity index (χ0) is 24.4. The molecule has 1 N–H and O–H groups in total. The molecule has 0 aliphatic carbocycles. The van der Waals surface area contributed by atoms with Crippen molar-refractivity contribution in [3.05, 3.63) is 59.2 Å². The standard InChI is InChI=1S/C27H38N2O4/c1-7-32-24-15-13-22(17-25(24)33-8-2)14-16-26(30)29(21(6)27(31)28-19(3)4)18-23-11-9-20(5)10-12-23/h9-13,15,17,19,21H,7-8,14,16,18H2,1-6H3,(H,28,31)/t21-/m1/s1. The van der Waals surface area contributed by atoms with Crippen molar-refractivity contribution in [1.29, 1.82) is 0 Å². The maximum Gasteiger partial charge on any atom is 0.242 e. The Labute approximate surface area is 198 Å². The average molecular weight is 455 g/mol. The predicted molar refractivity (Wildman–Crippen MR) is 132 cm³/mol. The lowest BCUT2D eigenvalue weighted by molar-refractivity contribution is -0.140. The molecule has 2 amide bonds. The molecule has 0 aliphatic heterocycles. The van der Waals surface area contributed by atoms with Crippen molar-refractivity contribution in [2.75, 3.05) is 13.2 Å². The Hall–Kier alpha value is -3.02. The molecule has 0 bridgehead atoms. The van der Waals surface area contributed by atoms with E-state index >= 15 is 0 Å². The van der Waals surface area contributed by atoms with Gasteiger partial charge in [-0.15, -0.1) is 0 Å². The number of carbonyl (C=O) groups is 2. The third-order valence-electron chi connectivity index (χ3n) is 5.31. The van der Waals surface area contributed by atoms with Gasteiger partial charge in [0.15, 0.2) is 11.5 Å². The summed E-state index contributed by atoms with van der Waals surface area (Å²) in [5.41, 5.74) is 3.14. The summed E-state index contributed by atoms with van der Waals surface area (Å²) in [5.74, 6) is 1.18. The van der Waals surface area contributed by atoms with E-state index in [1.807, 2.05) is 77.1 Å². The summed E-state index contributed by atoms with van der Waals surface area (Å²) in [4.78, 5) is 27.7. The van der Waals surface area contributed by atoms with E-state index in [1.165, 1.54) is 0 Å². The molecule has 0 saturated carbocycles. The number of nitrogens with zero attached hydrogens (tertiary/aromatic N) is 1. The van der Waals surface area contributed by atoms with Crippen LogP contribution in [0.1, 0.15) is 57.7 Å². The molecule has 2 rings (SSSR count). The number of hydrogen-bond donors (Lipinski definition) is 1. The molecule has 0 aromatic heterocycles. The SMILES string of the molecule is CCOc1ccc(CCC(=O)N(Cc2ccc(C)cc2)[C@H](C)C(=O)NC(C)C)cc1OCC. The molecule has 33 heavy (non-hydrogen) atoms. The van der Waals surface area contributed by atoms with Crippen LogP contribution in [-0.2, 0) is 22.6 Å². The molecule has 6 heteroatoms. The third kappa shape index (κ3) is 8.12. The lowest BCUT2D eigenvalue weighted by atomic mass is 10.1. The third-order valence-corrected chi connectivity index (χ3v) is 5.31. The molecule has 2 aromatic rings. The molecule has 2 aromatic carbocycles. The molecule has 0 radical (unpaired) electrons. The van der Waals surface area contributed by atoms with Gasteiger partial charge in [0.2, 0.25) is 11.8 Å². The lowest BCUT2D eigenvalue weighted by Gasteiger charge is -2.29. The van der Waals surface area contributed by atoms with Gasteiger partial charge < -0.3 is 19.7 Å². The first kappa shape index (κ1) is 26.2. The van der Waals surface area contributed by atoms with Crippen molar-refractivity contribution in [1.82, 2.24) is 10.2 Å². The van der Waals surface area contributed by atoms with Crippen LogP contribution in [0.4, 0.5) is 0 Å². The lowest BCUT2D eigenvalue weighted by Crippen LogP contribution is -2.49. The van der Waals surface area contributed by atoms with Crippen LogP contribution in [0.3, 0.4) is 0 Å². The maximum atomic E-state index is 13.3. The van der Waals surface area contributed by atoms with Gasteiger partial charge in [-0.25, -0.2) is 0 Å². The van der Waals surface area contributed by atoms with Gasteiger partial charge in [0, 0.05) is 19.0 Å². The predicted octanol–water partition coefficient (Wildman–Crippen LogP) is 4.67. The van der Waals surface area contributed by atoms with E-state index in [0.717, 1.165) is 16.7 Å². The van der Waals surface area contributed by atoms with Gasteiger partial charge in [-0.3, -0.25) is 9.59 Å². The van der Waals surface area contributed by atoms with Crippen molar-refractivity contribution in [3.63, 3.8) is 0 Å². The number of carbonyl (C=O) groups excluding carboxylic acids is 2. The van der Waals surface area contributed by atoms with E-state index in [9.17, 15) is 9.59 Å². The molecule has 0 fully saturated rings. The molecule has 0 spiro atoms. The van der Waals surface area contributed by atoms with E-state index in [0.29, 0.717) is 44.1 Å². The van der Waals surface area contributed by atoms with Gasteiger partial charge in [0.1, 0.15) is 6.04 Å². The van der Waals surface area contributed by atoms with Crippen LogP contribution in [-0.4, -0.2) is 42.0 Å². The van der Waals surface area contributed by atoms with E-state index in [2.05, 4.69) is 5.32 Å². The number of aryl methyl sites for hydroxylation is 2. The molecule has 1 atom stereocenters. The summed E-state index contributed by atoms with van der Waals surface area (Å²) in [6.45, 7) is 13.0. The Morgan fingerprint density at radius 3 is 2.12 bits per heavy atom. The fraction of sp³-hybridized carbons (Fsp3) is 0.481. The Morgan fingerprint density at radius 1 is 0.909 bits per heavy atom. The molecular formula is C27H38N2O4. The second-order valence-electron chi connectivity index (χ2n) is 8.49. The van der Waals surface area contributed by atoms with Gasteiger partial charge in [0.05, 0.1) is 13.2 Å². The minimum atomic E-state index is -0.569. The topological polar surface area (TPSA) is 67.9 Å². The van der Waals surface area contributed by atoms with Crippen LogP contribution in [0.25, 0.3) is 0 Å². The van der Waals surface area contributed by atoms with Crippen LogP contribution in [0.2, 0.25) is 0 Å². The quantitative estimate of drug-likeness (QED) is 0.506. The molecule has 180 valence electrons. The number of nitrogens with one attached hydrogen (secondary N) is 1. The van der Waals surface area contributed by atoms with Crippen molar-refractivity contribution in [2.45, 2.75) is 73.0 Å². The molecule has 6 nitrogen and oxygen atoms in total. The molecule has 0 unspecified atom stereocenters. The minimum absolute atomic E-state index is 0.0112. The summed E-state index contributed by atoms with van der Waals surface area (Å²) in [7, 11) is 0. The number of rotatable bonds is 12. The zero-order valence-corrected chi connectivity index (χ0v) is 20.8. The minimum Gasteiger partial charge on any atom is -0.490 e. The fourth-order valence-corrected chi connectivity index (χ4v) is 3.52. The van der Waals surface area contributed by atoms with Crippen molar-refractivity contribution >= 4 is 11.8 Å². The highest BCUT2D eigenvalue weighted by atomic mass is 16.5. The van der Waals surface area contributed by atoms with Crippen molar-refractivity contribution < 1.29 is 19.1 Å². The van der Waals surface area contributed by atoms with Gasteiger partial charge in [-0.2, -0.15) is 0 Å². The Morgan fingerprint density at radius 2 is 1.52 bits per heavy atom. The molecule has 0 aliphatic rings. The Balaban J connectivity index is 2.17. The summed E-state index contributed by atoms with van der Waals surface area (Å²) < 4.78 is 11.3. The van der Waals surface area contributed by atoms with E-state index in [4.69, 9.17) is 9.47 Å². The van der Waals surface area contributed by atoms with E-state index < -0.39 is 6.04 Å². The van der Waals surface area contributed by atoms with Gasteiger partial charge in [-0.05, 0) is 71.2 Å². The fourth-order valence-electron chi connectivity index (χ4n) is 3.52. The van der Waals surface area contributed by atoms with Crippen LogP contribution >= 0.6 is 0 Å². The first-order chi connectivity index (χ1) is 15.7. The second kappa shape index (κ2) is 12.9. The van der Waals surface area contributed by atoms with Gasteiger partial charge >= 0.3 is 0 Å². The first-order valence-electron chi connectivity index (χ1n) is 11.8. The average Bonchev–Trinajstić information content (AvgIpc) is 2.78. The Bertz CT molecular complexity index is 909. The number of hydrogen-bond acceptors (Lipinski definition) is 4. The summed E-state index contributed by atoms with van der Waals surface area (Å²) in [5, 5.41) is 2.92. The molecular weight excluding hydrogens is 416 g/mol. The number of benzene rings is 2. The number of ether oxygens (including phenoxy) is 2. The number of amides is 2. The van der Waals surface area contributed by atoms with Gasteiger partial charge in [0.25, 0.3) is 0 Å². The van der Waals surface area contributed by atoms with E-state index in [1.54, 1.807) is 11.8 Å². The highest BCUT2D eigenvalue weighted by Gasteiger charge is 2.26. The monoisotopic (exact) mass is 454 g/mol. The zero-order valence-electron chi connectivity index (χ0n) is 20.8. The van der Waals surface area contributed by atoms with E-state index in [-0.39, 0.29) is 17.9 Å². The molecule has 0 heterocycles. The smallest absolute Gasteiger partial charge is 0.242 e. The van der Waals surface area contributed by atoms with Crippen LogP contribution < -0.4 is 14.8 Å². The van der Waals surface area contributed by atoms with Crippen molar-refractivity contribution in [2.24, 2.45) is 0 Å². The Kier molecular flexibility index (Phi) is 10.2. The second-order valence-corrected chi connectivity index (χ2v) is 8.49. The largest absolute Gasteiger partial charge is 0.490 e. The highest BCUT2D eigenvalue weighted by Crippen LogP contribution is 2.29. The van der Waals surface area contributed by atoms with Crippen LogP contribution in [0, 0.1) is 6.92 Å². The summed E-state index contributed by atoms with van der Waals surface area (Å²) in [6, 6.07) is 13.3. The van der Waals surface area contributed by atoms with Crippen LogP contribution in [0.15, 0.2) is 42.5 Å². The summed E-state index contributed by atoms with van der Waals surface area (Å²) >= 11 is 0. The van der Waals surface area contributed by atoms with Crippen LogP contribution in [0.5, 0.6) is 11.5 Å². The molecule has 0 saturated heterocycles. The maximum absolute atomic E-state index is 13.3. The first-order valence-corrected chi connectivity index (χ1v) is 11.8. The highest BCUT2D eigenvalue weighted by molar-refractivity contribution is 5.87. The summed E-state index contributed by atoms with van der Waals surface area (Å²) in [6.07, 6.45) is 0.846. The van der Waals surface area contributed by atoms with Crippen molar-refractivity contribution in [3.8, 4) is 11.5 Å².